The molecule has 0 aliphatic heterocycles. The Hall–Kier alpha value is -5.08. The van der Waals surface area contributed by atoms with Crippen LogP contribution in [0.5, 0.6) is 5.75 Å². The van der Waals surface area contributed by atoms with E-state index in [2.05, 4.69) is 60.1 Å². The predicted octanol–water partition coefficient (Wildman–Crippen LogP) is 9.24. The van der Waals surface area contributed by atoms with E-state index in [9.17, 15) is 9.59 Å². The summed E-state index contributed by atoms with van der Waals surface area (Å²) in [4.78, 5) is 23.9. The molecule has 0 bridgehead atoms. The van der Waals surface area contributed by atoms with Crippen molar-refractivity contribution in [1.82, 2.24) is 0 Å². The van der Waals surface area contributed by atoms with Crippen molar-refractivity contribution in [3.63, 3.8) is 0 Å². The Bertz CT molecular complexity index is 1980. The summed E-state index contributed by atoms with van der Waals surface area (Å²) in [5.41, 5.74) is 8.87. The summed E-state index contributed by atoms with van der Waals surface area (Å²) in [6, 6.07) is 28.1. The first kappa shape index (κ1) is 36.8. The zero-order chi connectivity index (χ0) is 35.2. The second-order valence-corrected chi connectivity index (χ2v) is 13.5. The molecule has 0 amide bonds. The summed E-state index contributed by atoms with van der Waals surface area (Å²) in [5.74, 6) is 13.3. The Morgan fingerprint density at radius 2 is 1.16 bits per heavy atom. The van der Waals surface area contributed by atoms with Gasteiger partial charge in [-0.15, -0.1) is 23.5 Å². The van der Waals surface area contributed by atoms with Gasteiger partial charge in [-0.2, -0.15) is 0 Å². The molecule has 4 rings (SSSR count). The lowest BCUT2D eigenvalue weighted by atomic mass is 10.0. The second-order valence-electron chi connectivity index (χ2n) is 11.3. The Balaban J connectivity index is 1.25. The van der Waals surface area contributed by atoms with E-state index < -0.39 is 11.9 Å². The number of aryl methyl sites for hydroxylation is 2. The van der Waals surface area contributed by atoms with E-state index in [-0.39, 0.29) is 13.0 Å². The van der Waals surface area contributed by atoms with Gasteiger partial charge in [-0.05, 0) is 121 Å². The van der Waals surface area contributed by atoms with Gasteiger partial charge in [0.15, 0.2) is 6.61 Å². The molecule has 0 heterocycles. The van der Waals surface area contributed by atoms with Crippen LogP contribution < -0.4 is 4.74 Å². The van der Waals surface area contributed by atoms with Gasteiger partial charge in [-0.25, -0.2) is 4.79 Å². The van der Waals surface area contributed by atoms with Crippen LogP contribution >= 0.6 is 23.5 Å². The van der Waals surface area contributed by atoms with E-state index >= 15 is 0 Å². The van der Waals surface area contributed by atoms with E-state index in [0.29, 0.717) is 5.75 Å². The smallest absolute Gasteiger partial charge is 0.341 e. The lowest BCUT2D eigenvalue weighted by molar-refractivity contribution is -0.139. The minimum absolute atomic E-state index is 0.0457. The molecule has 5 nitrogen and oxygen atoms in total. The highest BCUT2D eigenvalue weighted by Crippen LogP contribution is 2.26. The van der Waals surface area contributed by atoms with Crippen LogP contribution in [0.25, 0.3) is 11.1 Å². The molecule has 0 saturated carbocycles. The summed E-state index contributed by atoms with van der Waals surface area (Å²) >= 11 is 3.39. The molecule has 0 fully saturated rings. The molecule has 4 aromatic rings. The summed E-state index contributed by atoms with van der Waals surface area (Å²) in [5, 5.41) is 17.8. The molecule has 49 heavy (non-hydrogen) atoms. The molecule has 0 radical (unpaired) electrons. The summed E-state index contributed by atoms with van der Waals surface area (Å²) in [7, 11) is 0. The molecule has 0 aliphatic rings. The molecule has 0 aliphatic carbocycles. The fraction of sp³-hybridized carbons (Fsp3) is 0.190. The molecular weight excluding hydrogens is 649 g/mol. The van der Waals surface area contributed by atoms with E-state index in [1.807, 2.05) is 88.4 Å². The second kappa shape index (κ2) is 18.5. The lowest BCUT2D eigenvalue weighted by Crippen LogP contribution is -2.09. The van der Waals surface area contributed by atoms with Crippen molar-refractivity contribution in [2.75, 3.05) is 18.1 Å². The number of carboxylic acid groups (broad SMARTS) is 2. The average Bonchev–Trinajstić information content (AvgIpc) is 3.07. The Morgan fingerprint density at radius 1 is 0.673 bits per heavy atom. The van der Waals surface area contributed by atoms with Crippen LogP contribution in [0.2, 0.25) is 0 Å². The zero-order valence-corrected chi connectivity index (χ0v) is 29.6. The van der Waals surface area contributed by atoms with Crippen molar-refractivity contribution < 1.29 is 24.5 Å². The first-order valence-corrected chi connectivity index (χ1v) is 17.6. The Kier molecular flexibility index (Phi) is 13.8. The molecule has 0 saturated heterocycles. The first-order valence-electron chi connectivity index (χ1n) is 15.7. The first-order chi connectivity index (χ1) is 23.5. The van der Waals surface area contributed by atoms with Gasteiger partial charge in [-0.3, -0.25) is 4.79 Å². The summed E-state index contributed by atoms with van der Waals surface area (Å²) < 4.78 is 5.30. The predicted molar refractivity (Wildman–Crippen MR) is 201 cm³/mol. The number of rotatable bonds is 12. The van der Waals surface area contributed by atoms with Crippen molar-refractivity contribution in [3.05, 3.63) is 136 Å². The van der Waals surface area contributed by atoms with Crippen molar-refractivity contribution in [2.45, 2.75) is 43.9 Å². The number of allylic oxidation sites excluding steroid dienone is 2. The van der Waals surface area contributed by atoms with Crippen LogP contribution in [0.3, 0.4) is 0 Å². The number of carbonyl (C=O) groups is 2. The van der Waals surface area contributed by atoms with Gasteiger partial charge in [-0.1, -0.05) is 66.2 Å². The van der Waals surface area contributed by atoms with Gasteiger partial charge >= 0.3 is 11.9 Å². The van der Waals surface area contributed by atoms with E-state index in [1.54, 1.807) is 23.5 Å². The topological polar surface area (TPSA) is 83.8 Å². The minimum atomic E-state index is -0.993. The highest BCUT2D eigenvalue weighted by Gasteiger charge is 2.06. The molecule has 0 aromatic heterocycles. The van der Waals surface area contributed by atoms with E-state index in [4.69, 9.17) is 14.9 Å². The van der Waals surface area contributed by atoms with Gasteiger partial charge in [0.05, 0.1) is 6.42 Å². The lowest BCUT2D eigenvalue weighted by Gasteiger charge is -2.08. The van der Waals surface area contributed by atoms with Crippen LogP contribution in [-0.2, 0) is 16.0 Å². The maximum absolute atomic E-state index is 11.0. The maximum atomic E-state index is 11.0. The number of carboxylic acids is 2. The number of hydrogen-bond donors (Lipinski definition) is 2. The van der Waals surface area contributed by atoms with Crippen molar-refractivity contribution in [2.24, 2.45) is 0 Å². The van der Waals surface area contributed by atoms with Crippen LogP contribution in [0.1, 0.15) is 41.7 Å². The Labute approximate surface area is 297 Å². The monoisotopic (exact) mass is 686 g/mol. The highest BCUT2D eigenvalue weighted by atomic mass is 32.2. The number of benzene rings is 4. The fourth-order valence-corrected chi connectivity index (χ4v) is 6.49. The molecule has 0 spiro atoms. The van der Waals surface area contributed by atoms with Crippen LogP contribution in [0, 0.1) is 37.5 Å². The van der Waals surface area contributed by atoms with E-state index in [0.717, 1.165) is 71.4 Å². The molecule has 4 aromatic carbocycles. The van der Waals surface area contributed by atoms with Crippen molar-refractivity contribution in [1.29, 1.82) is 0 Å². The van der Waals surface area contributed by atoms with Crippen molar-refractivity contribution in [3.8, 4) is 40.6 Å². The molecule has 7 heteroatoms. The van der Waals surface area contributed by atoms with Gasteiger partial charge in [0, 0.05) is 32.4 Å². The third-order valence-electron chi connectivity index (χ3n) is 7.34. The third kappa shape index (κ3) is 12.5. The number of thioether (sulfide) groups is 2. The fourth-order valence-electron chi connectivity index (χ4n) is 4.59. The van der Waals surface area contributed by atoms with Crippen LogP contribution in [-0.4, -0.2) is 40.3 Å². The Morgan fingerprint density at radius 3 is 1.61 bits per heavy atom. The SMILES string of the molecule is C/C(C#Cc1ccc(-c2ccc(C#C/C(C)=C/CSc3ccc(OCC(=O)O)c(C)c3)cc2)cc1)=C\CSc1ccc(CC(=O)O)c(C)c1. The molecule has 248 valence electrons. The standard InChI is InChI=1S/C42H38O5S2/c1-29(21-23-48-38-18-17-37(27-41(43)44)31(3)25-38)5-7-33-9-13-35(14-10-33)36-15-11-34(12-16-36)8-6-30(2)22-24-49-39-19-20-40(32(4)26-39)47-28-42(45)46/h9-22,25-26H,23-24,27-28H2,1-4H3,(H,43,44)(H,45,46)/b29-21+,30-22+. The summed E-state index contributed by atoms with van der Waals surface area (Å²) in [6.45, 7) is 7.52. The molecule has 2 N–H and O–H groups in total. The molecule has 0 atom stereocenters. The normalized spacial score (nSPS) is 11.2. The van der Waals surface area contributed by atoms with Gasteiger partial charge in [0.25, 0.3) is 0 Å². The molecule has 0 unspecified atom stereocenters. The maximum Gasteiger partial charge on any atom is 0.341 e. The van der Waals surface area contributed by atoms with Gasteiger partial charge in [0.2, 0.25) is 0 Å². The van der Waals surface area contributed by atoms with Gasteiger partial charge in [0.1, 0.15) is 5.75 Å². The minimum Gasteiger partial charge on any atom is -0.482 e. The third-order valence-corrected chi connectivity index (χ3v) is 9.18. The van der Waals surface area contributed by atoms with Crippen LogP contribution in [0.4, 0.5) is 0 Å². The largest absolute Gasteiger partial charge is 0.482 e. The number of aliphatic carboxylic acids is 2. The van der Waals surface area contributed by atoms with Gasteiger partial charge < -0.3 is 14.9 Å². The van der Waals surface area contributed by atoms with Crippen molar-refractivity contribution >= 4 is 35.5 Å². The van der Waals surface area contributed by atoms with Crippen LogP contribution in [0.15, 0.2) is 118 Å². The highest BCUT2D eigenvalue weighted by molar-refractivity contribution is 7.99. The number of hydrogen-bond acceptors (Lipinski definition) is 5. The average molecular weight is 687 g/mol. The number of ether oxygens (including phenoxy) is 1. The zero-order valence-electron chi connectivity index (χ0n) is 28.0. The summed E-state index contributed by atoms with van der Waals surface area (Å²) in [6.07, 6.45) is 4.26. The quantitative estimate of drug-likeness (QED) is 0.114. The van der Waals surface area contributed by atoms with E-state index in [1.165, 1.54) is 0 Å². The molecular formula is C42H38O5S2.